The summed E-state index contributed by atoms with van der Waals surface area (Å²) < 4.78 is 0. The van der Waals surface area contributed by atoms with Crippen molar-refractivity contribution < 1.29 is 24.7 Å². The number of aliphatic hydroxyl groups excluding tert-OH is 1. The van der Waals surface area contributed by atoms with Crippen LogP contribution in [0.1, 0.15) is 22.3 Å². The lowest BCUT2D eigenvalue weighted by molar-refractivity contribution is -0.385. The lowest BCUT2D eigenvalue weighted by Gasteiger charge is -2.21. The number of rotatable bonds is 3. The first kappa shape index (κ1) is 14.9. The molecule has 0 saturated carbocycles. The second-order valence-corrected chi connectivity index (χ2v) is 4.91. The number of likely N-dealkylation sites (tertiary alicyclic amines) is 1. The van der Waals surface area contributed by atoms with Crippen LogP contribution in [0.3, 0.4) is 0 Å². The van der Waals surface area contributed by atoms with E-state index in [1.807, 2.05) is 0 Å². The number of nitrogens with zero attached hydrogens (tertiary/aromatic N) is 2. The van der Waals surface area contributed by atoms with E-state index in [9.17, 15) is 24.8 Å². The van der Waals surface area contributed by atoms with E-state index in [2.05, 4.69) is 0 Å². The van der Waals surface area contributed by atoms with Crippen LogP contribution in [0.5, 0.6) is 0 Å². The number of aliphatic carboxylic acids is 1. The molecule has 1 aromatic rings. The zero-order valence-corrected chi connectivity index (χ0v) is 11.2. The Hall–Kier alpha value is -2.48. The lowest BCUT2D eigenvalue weighted by atomic mass is 10.1. The van der Waals surface area contributed by atoms with Crippen LogP contribution in [0.2, 0.25) is 0 Å². The van der Waals surface area contributed by atoms with E-state index in [-0.39, 0.29) is 29.8 Å². The standard InChI is InChI=1S/C13H14N2O6/c1-7-9(3-2-4-10(7)15(20)21)12(17)14-6-8(16)5-11(14)13(18)19/h2-4,8,11,16H,5-6H2,1H3,(H,18,19)/t8?,11-/m0/s1. The number of hydrogen-bond acceptors (Lipinski definition) is 5. The predicted octanol–water partition coefficient (Wildman–Crippen LogP) is 0.563. The summed E-state index contributed by atoms with van der Waals surface area (Å²) in [4.78, 5) is 34.9. The minimum absolute atomic E-state index is 0.0466. The summed E-state index contributed by atoms with van der Waals surface area (Å²) in [6.07, 6.45) is -0.955. The molecule has 1 amide bonds. The van der Waals surface area contributed by atoms with Crippen LogP contribution in [-0.4, -0.2) is 50.6 Å². The Morgan fingerprint density at radius 3 is 2.67 bits per heavy atom. The number of β-amino-alcohol motifs (C(OH)–C–C–N with tert-alkyl or cyclic N) is 1. The predicted molar refractivity (Wildman–Crippen MR) is 70.9 cm³/mol. The number of nitro groups is 1. The Bertz CT molecular complexity index is 615. The molecule has 2 N–H and O–H groups in total. The molecule has 1 fully saturated rings. The van der Waals surface area contributed by atoms with Crippen LogP contribution in [0.25, 0.3) is 0 Å². The third-order valence-corrected chi connectivity index (χ3v) is 3.56. The smallest absolute Gasteiger partial charge is 0.326 e. The second-order valence-electron chi connectivity index (χ2n) is 4.91. The quantitative estimate of drug-likeness (QED) is 0.620. The van der Waals surface area contributed by atoms with Crippen molar-refractivity contribution in [1.29, 1.82) is 0 Å². The Balaban J connectivity index is 2.38. The number of aliphatic hydroxyl groups is 1. The molecule has 112 valence electrons. The maximum absolute atomic E-state index is 12.4. The number of carbonyl (C=O) groups excluding carboxylic acids is 1. The molecular formula is C13H14N2O6. The number of carboxylic acids is 1. The highest BCUT2D eigenvalue weighted by molar-refractivity contribution is 5.99. The summed E-state index contributed by atoms with van der Waals surface area (Å²) in [5, 5.41) is 29.5. The molecular weight excluding hydrogens is 280 g/mol. The Kier molecular flexibility index (Phi) is 3.90. The van der Waals surface area contributed by atoms with Gasteiger partial charge in [-0.3, -0.25) is 14.9 Å². The van der Waals surface area contributed by atoms with E-state index in [0.29, 0.717) is 0 Å². The second kappa shape index (κ2) is 5.49. The van der Waals surface area contributed by atoms with Crippen molar-refractivity contribution in [2.24, 2.45) is 0 Å². The van der Waals surface area contributed by atoms with Gasteiger partial charge < -0.3 is 15.1 Å². The molecule has 0 aromatic heterocycles. The van der Waals surface area contributed by atoms with E-state index in [1.54, 1.807) is 0 Å². The molecule has 1 aromatic carbocycles. The third-order valence-electron chi connectivity index (χ3n) is 3.56. The summed E-state index contributed by atoms with van der Waals surface area (Å²) in [6, 6.07) is 2.94. The normalized spacial score (nSPS) is 21.3. The van der Waals surface area contributed by atoms with Crippen molar-refractivity contribution >= 4 is 17.6 Å². The highest BCUT2D eigenvalue weighted by Crippen LogP contribution is 2.26. The van der Waals surface area contributed by atoms with E-state index in [4.69, 9.17) is 5.11 Å². The van der Waals surface area contributed by atoms with Crippen LogP contribution in [-0.2, 0) is 4.79 Å². The van der Waals surface area contributed by atoms with Gasteiger partial charge >= 0.3 is 5.97 Å². The molecule has 0 spiro atoms. The van der Waals surface area contributed by atoms with Gasteiger partial charge in [-0.05, 0) is 13.0 Å². The van der Waals surface area contributed by atoms with Gasteiger partial charge in [0.1, 0.15) is 6.04 Å². The largest absolute Gasteiger partial charge is 0.480 e. The number of hydrogen-bond donors (Lipinski definition) is 2. The van der Waals surface area contributed by atoms with Crippen LogP contribution in [0.15, 0.2) is 18.2 Å². The minimum atomic E-state index is -1.21. The van der Waals surface area contributed by atoms with Gasteiger partial charge in [0.15, 0.2) is 0 Å². The van der Waals surface area contributed by atoms with Gasteiger partial charge in [0.25, 0.3) is 11.6 Å². The first-order chi connectivity index (χ1) is 9.82. The van der Waals surface area contributed by atoms with Crippen molar-refractivity contribution in [1.82, 2.24) is 4.90 Å². The minimum Gasteiger partial charge on any atom is -0.480 e. The number of carbonyl (C=O) groups is 2. The van der Waals surface area contributed by atoms with Crippen molar-refractivity contribution in [2.45, 2.75) is 25.5 Å². The van der Waals surface area contributed by atoms with Gasteiger partial charge in [-0.2, -0.15) is 0 Å². The summed E-state index contributed by atoms with van der Waals surface area (Å²) in [6.45, 7) is 1.34. The van der Waals surface area contributed by atoms with Crippen molar-refractivity contribution in [3.63, 3.8) is 0 Å². The maximum Gasteiger partial charge on any atom is 0.326 e. The molecule has 1 saturated heterocycles. The van der Waals surface area contributed by atoms with Gasteiger partial charge in [-0.1, -0.05) is 6.07 Å². The fourth-order valence-electron chi connectivity index (χ4n) is 2.48. The van der Waals surface area contributed by atoms with Gasteiger partial charge in [-0.25, -0.2) is 4.79 Å². The fraction of sp³-hybridized carbons (Fsp3) is 0.385. The first-order valence-corrected chi connectivity index (χ1v) is 6.28. The fourth-order valence-corrected chi connectivity index (χ4v) is 2.48. The van der Waals surface area contributed by atoms with Crippen LogP contribution < -0.4 is 0 Å². The molecule has 1 heterocycles. The summed E-state index contributed by atoms with van der Waals surface area (Å²) in [7, 11) is 0. The topological polar surface area (TPSA) is 121 Å². The van der Waals surface area contributed by atoms with E-state index < -0.39 is 28.9 Å². The van der Waals surface area contributed by atoms with Crippen LogP contribution in [0, 0.1) is 17.0 Å². The summed E-state index contributed by atoms with van der Waals surface area (Å²) in [5.41, 5.74) is 0.0510. The van der Waals surface area contributed by atoms with Gasteiger partial charge in [0.05, 0.1) is 11.0 Å². The number of benzene rings is 1. The molecule has 1 aliphatic rings. The number of nitro benzene ring substituents is 1. The van der Waals surface area contributed by atoms with Crippen LogP contribution in [0.4, 0.5) is 5.69 Å². The molecule has 0 aliphatic carbocycles. The Morgan fingerprint density at radius 2 is 2.10 bits per heavy atom. The van der Waals surface area contributed by atoms with Gasteiger partial charge in [-0.15, -0.1) is 0 Å². The summed E-state index contributed by atoms with van der Waals surface area (Å²) >= 11 is 0. The molecule has 0 radical (unpaired) electrons. The lowest BCUT2D eigenvalue weighted by Crippen LogP contribution is -2.40. The molecule has 8 heteroatoms. The van der Waals surface area contributed by atoms with Crippen molar-refractivity contribution in [3.8, 4) is 0 Å². The monoisotopic (exact) mass is 294 g/mol. The molecule has 21 heavy (non-hydrogen) atoms. The SMILES string of the molecule is Cc1c(C(=O)N2CC(O)C[C@H]2C(=O)O)cccc1[N+](=O)[O-]. The zero-order chi connectivity index (χ0) is 15.7. The molecule has 1 unspecified atom stereocenters. The van der Waals surface area contributed by atoms with E-state index >= 15 is 0 Å². The molecule has 2 rings (SSSR count). The third kappa shape index (κ3) is 2.70. The number of carboxylic acid groups (broad SMARTS) is 1. The molecule has 1 aliphatic heterocycles. The molecule has 8 nitrogen and oxygen atoms in total. The van der Waals surface area contributed by atoms with Gasteiger partial charge in [0, 0.05) is 30.2 Å². The highest BCUT2D eigenvalue weighted by Gasteiger charge is 2.40. The van der Waals surface area contributed by atoms with Crippen molar-refractivity contribution in [3.05, 3.63) is 39.4 Å². The van der Waals surface area contributed by atoms with E-state index in [0.717, 1.165) is 4.90 Å². The maximum atomic E-state index is 12.4. The highest BCUT2D eigenvalue weighted by atomic mass is 16.6. The average Bonchev–Trinajstić information content (AvgIpc) is 2.80. The van der Waals surface area contributed by atoms with Crippen molar-refractivity contribution in [2.75, 3.05) is 6.54 Å². The molecule has 2 atom stereocenters. The number of amides is 1. The molecule has 0 bridgehead atoms. The zero-order valence-electron chi connectivity index (χ0n) is 11.2. The first-order valence-electron chi connectivity index (χ1n) is 6.28. The Labute approximate surface area is 119 Å². The van der Waals surface area contributed by atoms with Crippen LogP contribution >= 0.6 is 0 Å². The van der Waals surface area contributed by atoms with Gasteiger partial charge in [0.2, 0.25) is 0 Å². The summed E-state index contributed by atoms with van der Waals surface area (Å²) in [5.74, 6) is -1.83. The average molecular weight is 294 g/mol. The Morgan fingerprint density at radius 1 is 1.43 bits per heavy atom. The van der Waals surface area contributed by atoms with E-state index in [1.165, 1.54) is 25.1 Å².